The molecule has 0 aliphatic rings. The lowest BCUT2D eigenvalue weighted by molar-refractivity contribution is -0.106. The number of rotatable bonds is 2. The largest absolute Gasteiger partial charge is 0.295 e. The number of hydrogen-bond acceptors (Lipinski definition) is 4. The fourth-order valence-electron chi connectivity index (χ4n) is 0.522. The van der Waals surface area contributed by atoms with Crippen LogP contribution >= 0.6 is 11.3 Å². The zero-order valence-corrected chi connectivity index (χ0v) is 6.56. The highest BCUT2D eigenvalue weighted by atomic mass is 32.1. The second-order valence-electron chi connectivity index (χ2n) is 1.81. The van der Waals surface area contributed by atoms with Gasteiger partial charge in [-0.15, -0.1) is 10.2 Å². The number of aromatic nitrogens is 2. The Balaban J connectivity index is 2.86. The maximum absolute atomic E-state index is 12.3. The molecule has 0 aliphatic heterocycles. The Morgan fingerprint density at radius 2 is 2.36 bits per heavy atom. The van der Waals surface area contributed by atoms with Gasteiger partial charge in [0, 0.05) is 6.08 Å². The maximum atomic E-state index is 12.3. The first-order chi connectivity index (χ1) is 5.22. The SMILES string of the molecule is Cc1nnc(C=C(F)C=O)s1. The molecule has 58 valence electrons. The summed E-state index contributed by atoms with van der Waals surface area (Å²) in [5.41, 5.74) is 0. The Bertz CT molecular complexity index is 295. The Labute approximate surface area is 66.6 Å². The Morgan fingerprint density at radius 1 is 1.64 bits per heavy atom. The molecule has 0 fully saturated rings. The molecule has 1 rings (SSSR count). The topological polar surface area (TPSA) is 42.9 Å². The fraction of sp³-hybridized carbons (Fsp3) is 0.167. The van der Waals surface area contributed by atoms with Crippen LogP contribution in [0, 0.1) is 6.92 Å². The molecule has 0 bridgehead atoms. The monoisotopic (exact) mass is 172 g/mol. The van der Waals surface area contributed by atoms with Gasteiger partial charge in [0.25, 0.3) is 0 Å². The van der Waals surface area contributed by atoms with Crippen molar-refractivity contribution >= 4 is 23.7 Å². The van der Waals surface area contributed by atoms with Crippen molar-refractivity contribution in [2.75, 3.05) is 0 Å². The van der Waals surface area contributed by atoms with E-state index >= 15 is 0 Å². The number of allylic oxidation sites excluding steroid dienone is 1. The molecule has 0 saturated carbocycles. The van der Waals surface area contributed by atoms with Crippen LogP contribution in [-0.2, 0) is 4.79 Å². The lowest BCUT2D eigenvalue weighted by Gasteiger charge is -1.78. The number of aryl methyl sites for hydroxylation is 1. The van der Waals surface area contributed by atoms with Gasteiger partial charge in [-0.1, -0.05) is 11.3 Å². The molecule has 1 heterocycles. The van der Waals surface area contributed by atoms with Crippen LogP contribution in [0.3, 0.4) is 0 Å². The predicted molar refractivity (Wildman–Crippen MR) is 39.8 cm³/mol. The van der Waals surface area contributed by atoms with E-state index in [1.807, 2.05) is 0 Å². The van der Waals surface area contributed by atoms with Crippen molar-refractivity contribution < 1.29 is 9.18 Å². The molecule has 1 aromatic rings. The second kappa shape index (κ2) is 3.34. The smallest absolute Gasteiger partial charge is 0.178 e. The number of hydrogen-bond donors (Lipinski definition) is 0. The maximum Gasteiger partial charge on any atom is 0.178 e. The van der Waals surface area contributed by atoms with Crippen LogP contribution in [0.15, 0.2) is 5.83 Å². The predicted octanol–water partition coefficient (Wildman–Crippen LogP) is 1.36. The Morgan fingerprint density at radius 3 is 2.82 bits per heavy atom. The van der Waals surface area contributed by atoms with Crippen LogP contribution < -0.4 is 0 Å². The van der Waals surface area contributed by atoms with E-state index in [0.717, 1.165) is 11.1 Å². The zero-order chi connectivity index (χ0) is 8.27. The van der Waals surface area contributed by atoms with E-state index in [4.69, 9.17) is 0 Å². The third-order valence-electron chi connectivity index (χ3n) is 0.916. The summed E-state index contributed by atoms with van der Waals surface area (Å²) in [6.45, 7) is 1.76. The summed E-state index contributed by atoms with van der Waals surface area (Å²) >= 11 is 1.23. The van der Waals surface area contributed by atoms with Gasteiger partial charge in [-0.05, 0) is 6.92 Å². The van der Waals surface area contributed by atoms with Crippen LogP contribution in [0.4, 0.5) is 4.39 Å². The molecule has 0 aromatic carbocycles. The first-order valence-electron chi connectivity index (χ1n) is 2.85. The number of carbonyl (C=O) groups is 1. The third-order valence-corrected chi connectivity index (χ3v) is 1.70. The summed E-state index contributed by atoms with van der Waals surface area (Å²) in [6.07, 6.45) is 1.19. The van der Waals surface area contributed by atoms with Gasteiger partial charge in [-0.25, -0.2) is 4.39 Å². The van der Waals surface area contributed by atoms with Crippen LogP contribution in [0.25, 0.3) is 6.08 Å². The van der Waals surface area contributed by atoms with Gasteiger partial charge >= 0.3 is 0 Å². The molecular formula is C6H5FN2OS. The molecule has 0 aliphatic carbocycles. The van der Waals surface area contributed by atoms with Crippen LogP contribution in [0.2, 0.25) is 0 Å². The molecule has 0 spiro atoms. The van der Waals surface area contributed by atoms with E-state index in [-0.39, 0.29) is 6.29 Å². The van der Waals surface area contributed by atoms with Gasteiger partial charge < -0.3 is 0 Å². The molecule has 0 saturated heterocycles. The minimum atomic E-state index is -0.832. The minimum Gasteiger partial charge on any atom is -0.295 e. The summed E-state index contributed by atoms with van der Waals surface area (Å²) in [6, 6.07) is 0. The summed E-state index contributed by atoms with van der Waals surface area (Å²) in [5.74, 6) is -0.832. The first-order valence-corrected chi connectivity index (χ1v) is 3.66. The van der Waals surface area contributed by atoms with Crippen LogP contribution in [0.5, 0.6) is 0 Å². The number of nitrogens with zero attached hydrogens (tertiary/aromatic N) is 2. The Kier molecular flexibility index (Phi) is 2.43. The van der Waals surface area contributed by atoms with E-state index in [0.29, 0.717) is 5.01 Å². The van der Waals surface area contributed by atoms with Crippen LogP contribution in [0.1, 0.15) is 10.0 Å². The quantitative estimate of drug-likeness (QED) is 0.499. The highest BCUT2D eigenvalue weighted by Gasteiger charge is 1.98. The van der Waals surface area contributed by atoms with Gasteiger partial charge in [-0.2, -0.15) is 0 Å². The number of carbonyl (C=O) groups excluding carboxylic acids is 1. The molecule has 11 heavy (non-hydrogen) atoms. The molecule has 0 amide bonds. The molecule has 3 nitrogen and oxygen atoms in total. The minimum absolute atomic E-state index is 0.136. The molecular weight excluding hydrogens is 167 g/mol. The molecule has 0 atom stereocenters. The summed E-state index contributed by atoms with van der Waals surface area (Å²) < 4.78 is 12.3. The van der Waals surface area contributed by atoms with Crippen molar-refractivity contribution in [3.05, 3.63) is 15.8 Å². The van der Waals surface area contributed by atoms with E-state index in [1.54, 1.807) is 6.92 Å². The van der Waals surface area contributed by atoms with Crippen molar-refractivity contribution in [2.24, 2.45) is 0 Å². The average Bonchev–Trinajstić information content (AvgIpc) is 2.35. The average molecular weight is 172 g/mol. The normalized spacial score (nSPS) is 11.6. The lowest BCUT2D eigenvalue weighted by atomic mass is 10.5. The molecule has 0 radical (unpaired) electrons. The van der Waals surface area contributed by atoms with Gasteiger partial charge in [0.2, 0.25) is 0 Å². The summed E-state index contributed by atoms with van der Waals surface area (Å²) in [4.78, 5) is 9.83. The van der Waals surface area contributed by atoms with E-state index in [1.165, 1.54) is 11.3 Å². The first kappa shape index (κ1) is 8.00. The zero-order valence-electron chi connectivity index (χ0n) is 5.74. The van der Waals surface area contributed by atoms with Gasteiger partial charge in [-0.3, -0.25) is 4.79 Å². The third kappa shape index (κ3) is 2.19. The van der Waals surface area contributed by atoms with Crippen molar-refractivity contribution in [1.29, 1.82) is 0 Å². The number of halogens is 1. The summed E-state index contributed by atoms with van der Waals surface area (Å²) in [7, 11) is 0. The van der Waals surface area contributed by atoms with Crippen molar-refractivity contribution in [3.8, 4) is 0 Å². The number of aldehydes is 1. The fourth-order valence-corrected chi connectivity index (χ4v) is 1.16. The van der Waals surface area contributed by atoms with E-state index in [9.17, 15) is 9.18 Å². The van der Waals surface area contributed by atoms with Crippen molar-refractivity contribution in [1.82, 2.24) is 10.2 Å². The van der Waals surface area contributed by atoms with Crippen LogP contribution in [-0.4, -0.2) is 16.5 Å². The summed E-state index contributed by atoms with van der Waals surface area (Å²) in [5, 5.41) is 8.40. The lowest BCUT2D eigenvalue weighted by Crippen LogP contribution is -1.75. The highest BCUT2D eigenvalue weighted by Crippen LogP contribution is 2.11. The van der Waals surface area contributed by atoms with Gasteiger partial charge in [0.15, 0.2) is 12.1 Å². The molecule has 0 N–H and O–H groups in total. The van der Waals surface area contributed by atoms with Gasteiger partial charge in [0.05, 0.1) is 0 Å². The standard InChI is InChI=1S/C6H5FN2OS/c1-4-8-9-6(11-4)2-5(7)3-10/h2-3H,1H3. The molecule has 0 unspecified atom stereocenters. The van der Waals surface area contributed by atoms with E-state index in [2.05, 4.69) is 10.2 Å². The van der Waals surface area contributed by atoms with Crippen molar-refractivity contribution in [3.63, 3.8) is 0 Å². The second-order valence-corrected chi connectivity index (χ2v) is 3.02. The van der Waals surface area contributed by atoms with E-state index < -0.39 is 5.83 Å². The Hall–Kier alpha value is -1.10. The molecule has 1 aromatic heterocycles. The highest BCUT2D eigenvalue weighted by molar-refractivity contribution is 7.12. The van der Waals surface area contributed by atoms with Crippen molar-refractivity contribution in [2.45, 2.75) is 6.92 Å². The van der Waals surface area contributed by atoms with Gasteiger partial charge in [0.1, 0.15) is 10.0 Å². The molecule has 5 heteroatoms.